The predicted octanol–water partition coefficient (Wildman–Crippen LogP) is -3.63. The van der Waals surface area contributed by atoms with E-state index in [2.05, 4.69) is 4.98 Å². The minimum Gasteiger partial charge on any atom is -0.481 e. The average Bonchev–Trinajstić information content (AvgIpc) is 3.17. The lowest BCUT2D eigenvalue weighted by Crippen LogP contribution is -2.55. The lowest BCUT2D eigenvalue weighted by atomic mass is 10.0. The topological polar surface area (TPSA) is 234 Å². The summed E-state index contributed by atoms with van der Waals surface area (Å²) in [7, 11) is 0. The van der Waals surface area contributed by atoms with Crippen molar-refractivity contribution >= 4 is 24.1 Å². The molecular weight excluding hydrogens is 396 g/mol. The molecule has 0 aromatic carbocycles. The van der Waals surface area contributed by atoms with Crippen molar-refractivity contribution in [3.63, 3.8) is 0 Å². The number of aromatic nitrogens is 2. The number of aliphatic hydroxyl groups excluding tert-OH is 2. The number of aromatic amines is 1. The summed E-state index contributed by atoms with van der Waals surface area (Å²) >= 11 is 0. The van der Waals surface area contributed by atoms with Gasteiger partial charge in [0.2, 0.25) is 5.91 Å². The molecule has 1 aliphatic heterocycles. The normalized spacial score (nSPS) is 25.9. The fourth-order valence-corrected chi connectivity index (χ4v) is 2.83. The second-order valence-corrected chi connectivity index (χ2v) is 6.37. The molecule has 14 heteroatoms. The largest absolute Gasteiger partial charge is 0.481 e. The fourth-order valence-electron chi connectivity index (χ4n) is 2.83. The molecule has 0 radical (unpaired) electrons. The Labute approximate surface area is 161 Å². The molecule has 29 heavy (non-hydrogen) atoms. The molecule has 1 aromatic heterocycles. The number of nitrogens with one attached hydrogen (secondary N) is 2. The van der Waals surface area contributed by atoms with E-state index in [0.717, 1.165) is 10.8 Å². The molecule has 1 fully saturated rings. The number of aldehydes is 1. The number of imidazole rings is 1. The van der Waals surface area contributed by atoms with Crippen LogP contribution in [-0.2, 0) is 19.1 Å². The molecule has 1 aromatic rings. The first-order valence-corrected chi connectivity index (χ1v) is 8.35. The number of aliphatic carboxylic acids is 2. The summed E-state index contributed by atoms with van der Waals surface area (Å²) in [5.41, 5.74) is 4.79. The SMILES string of the molecule is N[C@H](C(=O)N[C@@H](CCC(=O)O)C(=O)O)[C@H]1O[C@@H](n2cc(C=O)[nH]c2=O)[C@H](O)[C@@H]1O. The number of hydrogen-bond donors (Lipinski definition) is 7. The van der Waals surface area contributed by atoms with E-state index >= 15 is 0 Å². The zero-order chi connectivity index (χ0) is 21.9. The lowest BCUT2D eigenvalue weighted by Gasteiger charge is -2.23. The number of aliphatic hydroxyl groups is 2. The van der Waals surface area contributed by atoms with Crippen LogP contribution in [0.5, 0.6) is 0 Å². The number of nitrogens with zero attached hydrogens (tertiary/aromatic N) is 1. The van der Waals surface area contributed by atoms with Crippen LogP contribution < -0.4 is 16.7 Å². The van der Waals surface area contributed by atoms with Crippen LogP contribution in [0, 0.1) is 0 Å². The number of carboxylic acid groups (broad SMARTS) is 2. The smallest absolute Gasteiger partial charge is 0.328 e. The number of H-pyrrole nitrogens is 1. The van der Waals surface area contributed by atoms with E-state index in [9.17, 15) is 34.2 Å². The molecule has 2 heterocycles. The molecule has 0 spiro atoms. The van der Waals surface area contributed by atoms with Gasteiger partial charge in [0.25, 0.3) is 0 Å². The first kappa shape index (κ1) is 22.2. The molecule has 0 unspecified atom stereocenters. The van der Waals surface area contributed by atoms with Crippen molar-refractivity contribution in [1.82, 2.24) is 14.9 Å². The van der Waals surface area contributed by atoms with Gasteiger partial charge in [-0.1, -0.05) is 0 Å². The molecular formula is C15H20N4O10. The first-order chi connectivity index (χ1) is 13.6. The maximum Gasteiger partial charge on any atom is 0.328 e. The van der Waals surface area contributed by atoms with Crippen LogP contribution in [0.2, 0.25) is 0 Å². The van der Waals surface area contributed by atoms with E-state index in [4.69, 9.17) is 20.7 Å². The summed E-state index contributed by atoms with van der Waals surface area (Å²) in [5.74, 6) is -3.82. The number of amides is 1. The van der Waals surface area contributed by atoms with Crippen LogP contribution in [0.1, 0.15) is 29.6 Å². The molecule has 6 atom stereocenters. The zero-order valence-corrected chi connectivity index (χ0v) is 14.8. The molecule has 1 amide bonds. The van der Waals surface area contributed by atoms with E-state index in [1.54, 1.807) is 0 Å². The molecule has 1 aliphatic rings. The van der Waals surface area contributed by atoms with Gasteiger partial charge in [0.15, 0.2) is 12.5 Å². The van der Waals surface area contributed by atoms with Gasteiger partial charge in [-0.25, -0.2) is 9.59 Å². The molecule has 2 rings (SSSR count). The number of carboxylic acids is 2. The summed E-state index contributed by atoms with van der Waals surface area (Å²) in [6.45, 7) is 0. The van der Waals surface area contributed by atoms with Crippen molar-refractivity contribution in [1.29, 1.82) is 0 Å². The van der Waals surface area contributed by atoms with E-state index in [-0.39, 0.29) is 5.69 Å². The van der Waals surface area contributed by atoms with Gasteiger partial charge in [0.05, 0.1) is 5.69 Å². The molecule has 0 aliphatic carbocycles. The number of carbonyl (C=O) groups excluding carboxylic acids is 2. The van der Waals surface area contributed by atoms with E-state index in [1.807, 2.05) is 5.32 Å². The van der Waals surface area contributed by atoms with Gasteiger partial charge in [-0.3, -0.25) is 19.0 Å². The van der Waals surface area contributed by atoms with Crippen molar-refractivity contribution in [3.8, 4) is 0 Å². The zero-order valence-electron chi connectivity index (χ0n) is 14.8. The Morgan fingerprint density at radius 3 is 2.48 bits per heavy atom. The molecule has 160 valence electrons. The van der Waals surface area contributed by atoms with Crippen molar-refractivity contribution in [2.45, 2.75) is 49.5 Å². The summed E-state index contributed by atoms with van der Waals surface area (Å²) < 4.78 is 6.13. The van der Waals surface area contributed by atoms with Gasteiger partial charge < -0.3 is 41.2 Å². The second-order valence-electron chi connectivity index (χ2n) is 6.37. The highest BCUT2D eigenvalue weighted by molar-refractivity contribution is 5.87. The quantitative estimate of drug-likeness (QED) is 0.194. The molecule has 1 saturated heterocycles. The highest BCUT2D eigenvalue weighted by Crippen LogP contribution is 2.30. The maximum absolute atomic E-state index is 12.3. The maximum atomic E-state index is 12.3. The molecule has 0 bridgehead atoms. The van der Waals surface area contributed by atoms with Crippen molar-refractivity contribution < 1.29 is 44.3 Å². The Kier molecular flexibility index (Phi) is 6.86. The Morgan fingerprint density at radius 1 is 1.31 bits per heavy atom. The number of nitrogens with two attached hydrogens (primary N) is 1. The fraction of sp³-hybridized carbons (Fsp3) is 0.533. The van der Waals surface area contributed by atoms with Crippen LogP contribution in [0.25, 0.3) is 0 Å². The third-order valence-electron chi connectivity index (χ3n) is 4.36. The van der Waals surface area contributed by atoms with Crippen molar-refractivity contribution in [2.75, 3.05) is 0 Å². The van der Waals surface area contributed by atoms with Gasteiger partial charge in [-0.2, -0.15) is 0 Å². The van der Waals surface area contributed by atoms with Crippen molar-refractivity contribution in [3.05, 3.63) is 22.4 Å². The van der Waals surface area contributed by atoms with Crippen LogP contribution in [0.15, 0.2) is 11.0 Å². The molecule has 14 nitrogen and oxygen atoms in total. The van der Waals surface area contributed by atoms with Crippen LogP contribution in [0.3, 0.4) is 0 Å². The molecule has 8 N–H and O–H groups in total. The van der Waals surface area contributed by atoms with Gasteiger partial charge >= 0.3 is 17.6 Å². The summed E-state index contributed by atoms with van der Waals surface area (Å²) in [6, 6.07) is -3.21. The first-order valence-electron chi connectivity index (χ1n) is 8.35. The number of rotatable bonds is 9. The summed E-state index contributed by atoms with van der Waals surface area (Å²) in [6.07, 6.45) is -5.94. The third-order valence-corrected chi connectivity index (χ3v) is 4.36. The predicted molar refractivity (Wildman–Crippen MR) is 90.8 cm³/mol. The molecule has 0 saturated carbocycles. The van der Waals surface area contributed by atoms with Gasteiger partial charge in [0, 0.05) is 12.6 Å². The Hall–Kier alpha value is -3.07. The minimum atomic E-state index is -1.72. The number of ether oxygens (including phenoxy) is 1. The number of carbonyl (C=O) groups is 4. The van der Waals surface area contributed by atoms with E-state index in [0.29, 0.717) is 6.29 Å². The van der Waals surface area contributed by atoms with E-state index in [1.165, 1.54) is 0 Å². The van der Waals surface area contributed by atoms with E-state index < -0.39 is 73.0 Å². The highest BCUT2D eigenvalue weighted by Gasteiger charge is 2.48. The van der Waals surface area contributed by atoms with Gasteiger partial charge in [0.1, 0.15) is 30.4 Å². The Morgan fingerprint density at radius 2 is 1.97 bits per heavy atom. The minimum absolute atomic E-state index is 0.117. The van der Waals surface area contributed by atoms with Crippen molar-refractivity contribution in [2.24, 2.45) is 5.73 Å². The van der Waals surface area contributed by atoms with Crippen LogP contribution in [0.4, 0.5) is 0 Å². The Bertz CT molecular complexity index is 848. The lowest BCUT2D eigenvalue weighted by molar-refractivity contribution is -0.144. The van der Waals surface area contributed by atoms with Gasteiger partial charge in [-0.05, 0) is 6.42 Å². The standard InChI is InChI=1S/C15H20N4O10/c16-8(12(25)18-6(14(26)27)1-2-7(21)22)11-9(23)10(24)13(29-11)19-3-5(4-20)17-15(19)28/h3-4,6,8-11,13,23-24H,1-2,16H2,(H,17,28)(H,18,25)(H,21,22)(H,26,27)/t6-,8-,9-,10+,11+,13+/m0/s1. The summed E-state index contributed by atoms with van der Waals surface area (Å²) in [5, 5.41) is 40.1. The summed E-state index contributed by atoms with van der Waals surface area (Å²) in [4.78, 5) is 58.8. The monoisotopic (exact) mass is 416 g/mol. The van der Waals surface area contributed by atoms with Crippen LogP contribution >= 0.6 is 0 Å². The number of hydrogen-bond acceptors (Lipinski definition) is 9. The Balaban J connectivity index is 2.12. The van der Waals surface area contributed by atoms with Gasteiger partial charge in [-0.15, -0.1) is 0 Å². The average molecular weight is 416 g/mol. The second kappa shape index (κ2) is 8.95. The highest BCUT2D eigenvalue weighted by atomic mass is 16.6. The van der Waals surface area contributed by atoms with Crippen LogP contribution in [-0.4, -0.2) is 84.5 Å². The third kappa shape index (κ3) is 4.86.